The number of rotatable bonds is 3. The lowest BCUT2D eigenvalue weighted by Crippen LogP contribution is -2.51. The first-order valence-corrected chi connectivity index (χ1v) is 6.12. The van der Waals surface area contributed by atoms with Gasteiger partial charge in [0.05, 0.1) is 6.54 Å². The van der Waals surface area contributed by atoms with Crippen LogP contribution in [0, 0.1) is 0 Å². The van der Waals surface area contributed by atoms with Crippen LogP contribution in [-0.4, -0.2) is 59.2 Å². The van der Waals surface area contributed by atoms with Crippen LogP contribution in [0.5, 0.6) is 0 Å². The fourth-order valence-electron chi connectivity index (χ4n) is 2.14. The molecule has 0 unspecified atom stereocenters. The Balaban J connectivity index is 1.78. The van der Waals surface area contributed by atoms with Gasteiger partial charge in [0.2, 0.25) is 5.91 Å². The number of nitrogens with zero attached hydrogens (tertiary/aromatic N) is 3. The first-order chi connectivity index (χ1) is 8.94. The van der Waals surface area contributed by atoms with E-state index in [1.165, 1.54) is 4.90 Å². The van der Waals surface area contributed by atoms with Crippen LogP contribution in [0.3, 0.4) is 0 Å². The largest absolute Gasteiger partial charge is 0.401 e. The van der Waals surface area contributed by atoms with Crippen molar-refractivity contribution in [2.45, 2.75) is 12.7 Å². The van der Waals surface area contributed by atoms with Gasteiger partial charge in [-0.05, 0) is 12.1 Å². The second kappa shape index (κ2) is 5.64. The van der Waals surface area contributed by atoms with Gasteiger partial charge in [-0.1, -0.05) is 0 Å². The van der Waals surface area contributed by atoms with E-state index in [0.29, 0.717) is 13.1 Å². The lowest BCUT2D eigenvalue weighted by molar-refractivity contribution is -0.151. The van der Waals surface area contributed by atoms with Crippen molar-refractivity contribution in [3.63, 3.8) is 0 Å². The highest BCUT2D eigenvalue weighted by atomic mass is 19.4. The number of hydrogen-bond donors (Lipinski definition) is 0. The van der Waals surface area contributed by atoms with Crippen LogP contribution in [0.2, 0.25) is 0 Å². The average molecular weight is 275 g/mol. The maximum atomic E-state index is 12.2. The molecule has 1 aromatic heterocycles. The predicted octanol–water partition coefficient (Wildman–Crippen LogP) is 1.19. The van der Waals surface area contributed by atoms with Crippen molar-refractivity contribution in [2.75, 3.05) is 32.7 Å². The SMILES string of the molecule is O=C(Cn1cccc1)N1CCN(CC(F)(F)F)CC1. The Bertz CT molecular complexity index is 408. The minimum Gasteiger partial charge on any atom is -0.345 e. The van der Waals surface area contributed by atoms with Crippen molar-refractivity contribution in [2.24, 2.45) is 0 Å². The van der Waals surface area contributed by atoms with E-state index in [9.17, 15) is 18.0 Å². The maximum Gasteiger partial charge on any atom is 0.401 e. The van der Waals surface area contributed by atoms with Gasteiger partial charge < -0.3 is 9.47 Å². The quantitative estimate of drug-likeness (QED) is 0.829. The van der Waals surface area contributed by atoms with Crippen LogP contribution in [0.1, 0.15) is 0 Å². The van der Waals surface area contributed by atoms with Crippen molar-refractivity contribution in [3.8, 4) is 0 Å². The van der Waals surface area contributed by atoms with Gasteiger partial charge in [0.25, 0.3) is 0 Å². The van der Waals surface area contributed by atoms with Gasteiger partial charge in [0.1, 0.15) is 6.54 Å². The van der Waals surface area contributed by atoms with Crippen LogP contribution in [-0.2, 0) is 11.3 Å². The van der Waals surface area contributed by atoms with E-state index in [-0.39, 0.29) is 25.5 Å². The molecule has 106 valence electrons. The molecule has 7 heteroatoms. The molecule has 2 rings (SSSR count). The highest BCUT2D eigenvalue weighted by Crippen LogP contribution is 2.17. The minimum absolute atomic E-state index is 0.0529. The second-order valence-electron chi connectivity index (χ2n) is 4.63. The predicted molar refractivity (Wildman–Crippen MR) is 63.5 cm³/mol. The van der Waals surface area contributed by atoms with Crippen molar-refractivity contribution >= 4 is 5.91 Å². The minimum atomic E-state index is -4.17. The molecule has 2 heterocycles. The van der Waals surface area contributed by atoms with E-state index in [2.05, 4.69) is 0 Å². The van der Waals surface area contributed by atoms with E-state index in [4.69, 9.17) is 0 Å². The normalized spacial score (nSPS) is 17.7. The number of piperazine rings is 1. The van der Waals surface area contributed by atoms with Crippen LogP contribution in [0.25, 0.3) is 0 Å². The molecule has 1 saturated heterocycles. The van der Waals surface area contributed by atoms with Crippen LogP contribution >= 0.6 is 0 Å². The number of alkyl halides is 3. The molecule has 1 aliphatic rings. The number of amides is 1. The second-order valence-corrected chi connectivity index (χ2v) is 4.63. The highest BCUT2D eigenvalue weighted by molar-refractivity contribution is 5.76. The molecule has 1 aliphatic heterocycles. The Morgan fingerprint density at radius 3 is 2.16 bits per heavy atom. The summed E-state index contributed by atoms with van der Waals surface area (Å²) in [5.41, 5.74) is 0. The molecule has 4 nitrogen and oxygen atoms in total. The standard InChI is InChI=1S/C12H16F3N3O/c13-12(14,15)10-17-5-7-18(8-6-17)11(19)9-16-3-1-2-4-16/h1-4H,5-10H2. The molecule has 1 amide bonds. The fourth-order valence-corrected chi connectivity index (χ4v) is 2.14. The summed E-state index contributed by atoms with van der Waals surface area (Å²) in [5, 5.41) is 0. The number of carbonyl (C=O) groups is 1. The topological polar surface area (TPSA) is 28.5 Å². The summed E-state index contributed by atoms with van der Waals surface area (Å²) in [6.07, 6.45) is -0.590. The zero-order chi connectivity index (χ0) is 13.9. The van der Waals surface area contributed by atoms with Crippen molar-refractivity contribution in [1.29, 1.82) is 0 Å². The Kier molecular flexibility index (Phi) is 4.14. The van der Waals surface area contributed by atoms with Gasteiger partial charge in [-0.2, -0.15) is 13.2 Å². The van der Waals surface area contributed by atoms with Crippen molar-refractivity contribution < 1.29 is 18.0 Å². The molecular formula is C12H16F3N3O. The average Bonchev–Trinajstić information content (AvgIpc) is 2.80. The monoisotopic (exact) mass is 275 g/mol. The first kappa shape index (κ1) is 13.9. The van der Waals surface area contributed by atoms with Crippen LogP contribution in [0.4, 0.5) is 13.2 Å². The van der Waals surface area contributed by atoms with Gasteiger partial charge in [0, 0.05) is 38.6 Å². The van der Waals surface area contributed by atoms with E-state index in [1.807, 2.05) is 12.1 Å². The van der Waals surface area contributed by atoms with Gasteiger partial charge in [-0.25, -0.2) is 0 Å². The third-order valence-corrected chi connectivity index (χ3v) is 3.11. The lowest BCUT2D eigenvalue weighted by Gasteiger charge is -2.35. The first-order valence-electron chi connectivity index (χ1n) is 6.12. The Labute approximate surface area is 109 Å². The molecule has 0 aliphatic carbocycles. The van der Waals surface area contributed by atoms with E-state index in [1.54, 1.807) is 21.9 Å². The Hall–Kier alpha value is -1.50. The third-order valence-electron chi connectivity index (χ3n) is 3.11. The van der Waals surface area contributed by atoms with Crippen LogP contribution in [0.15, 0.2) is 24.5 Å². The van der Waals surface area contributed by atoms with Crippen molar-refractivity contribution in [1.82, 2.24) is 14.4 Å². The van der Waals surface area contributed by atoms with Crippen molar-refractivity contribution in [3.05, 3.63) is 24.5 Å². The third kappa shape index (κ3) is 4.27. The van der Waals surface area contributed by atoms with Gasteiger partial charge >= 0.3 is 6.18 Å². The molecule has 0 N–H and O–H groups in total. The Morgan fingerprint density at radius 2 is 1.63 bits per heavy atom. The summed E-state index contributed by atoms with van der Waals surface area (Å²) in [4.78, 5) is 14.9. The fraction of sp³-hybridized carbons (Fsp3) is 0.583. The highest BCUT2D eigenvalue weighted by Gasteiger charge is 2.32. The summed E-state index contributed by atoms with van der Waals surface area (Å²) in [6, 6.07) is 3.66. The molecule has 0 spiro atoms. The smallest absolute Gasteiger partial charge is 0.345 e. The molecule has 0 bridgehead atoms. The summed E-state index contributed by atoms with van der Waals surface area (Å²) in [5.74, 6) is -0.0529. The zero-order valence-corrected chi connectivity index (χ0v) is 10.4. The molecule has 0 radical (unpaired) electrons. The molecule has 0 aromatic carbocycles. The van der Waals surface area contributed by atoms with E-state index < -0.39 is 12.7 Å². The van der Waals surface area contributed by atoms with Gasteiger partial charge in [0.15, 0.2) is 0 Å². The zero-order valence-electron chi connectivity index (χ0n) is 10.4. The number of halogens is 3. The molecular weight excluding hydrogens is 259 g/mol. The van der Waals surface area contributed by atoms with Gasteiger partial charge in [-0.3, -0.25) is 9.69 Å². The molecule has 19 heavy (non-hydrogen) atoms. The number of carbonyl (C=O) groups excluding carboxylic acids is 1. The number of aromatic nitrogens is 1. The molecule has 0 saturated carbocycles. The summed E-state index contributed by atoms with van der Waals surface area (Å²) in [6.45, 7) is 0.610. The Morgan fingerprint density at radius 1 is 1.05 bits per heavy atom. The lowest BCUT2D eigenvalue weighted by atomic mass is 10.3. The summed E-state index contributed by atoms with van der Waals surface area (Å²) in [7, 11) is 0. The van der Waals surface area contributed by atoms with Crippen LogP contribution < -0.4 is 0 Å². The summed E-state index contributed by atoms with van der Waals surface area (Å²) >= 11 is 0. The molecule has 1 fully saturated rings. The summed E-state index contributed by atoms with van der Waals surface area (Å²) < 4.78 is 38.4. The van der Waals surface area contributed by atoms with E-state index >= 15 is 0 Å². The molecule has 0 atom stereocenters. The van der Waals surface area contributed by atoms with Gasteiger partial charge in [-0.15, -0.1) is 0 Å². The maximum absolute atomic E-state index is 12.2. The molecule has 1 aromatic rings. The number of hydrogen-bond acceptors (Lipinski definition) is 2. The van der Waals surface area contributed by atoms with E-state index in [0.717, 1.165) is 0 Å².